The van der Waals surface area contributed by atoms with Crippen molar-refractivity contribution in [3.63, 3.8) is 0 Å². The van der Waals surface area contributed by atoms with Gasteiger partial charge in [-0.05, 0) is 63.3 Å². The molecule has 3 atom stereocenters. The molecule has 1 N–H and O–H groups in total. The van der Waals surface area contributed by atoms with Gasteiger partial charge in [0.2, 0.25) is 11.8 Å². The summed E-state index contributed by atoms with van der Waals surface area (Å²) in [5.41, 5.74) is 2.73. The lowest BCUT2D eigenvalue weighted by atomic mass is 9.81. The van der Waals surface area contributed by atoms with Crippen LogP contribution in [-0.4, -0.2) is 54.3 Å². The Labute approximate surface area is 188 Å². The number of hydrogen-bond acceptors (Lipinski definition) is 6. The number of carbonyl (C=O) groups is 4. The maximum Gasteiger partial charge on any atom is 0.329 e. The largest absolute Gasteiger partial charge is 0.454 e. The minimum absolute atomic E-state index is 0.290. The van der Waals surface area contributed by atoms with E-state index in [9.17, 15) is 19.2 Å². The predicted molar refractivity (Wildman–Crippen MR) is 119 cm³/mol. The summed E-state index contributed by atoms with van der Waals surface area (Å²) in [6.45, 7) is 5.02. The van der Waals surface area contributed by atoms with E-state index < -0.39 is 24.5 Å². The summed E-state index contributed by atoms with van der Waals surface area (Å²) in [5, 5.41) is 2.77. The number of ether oxygens (including phenoxy) is 1. The van der Waals surface area contributed by atoms with E-state index in [0.29, 0.717) is 18.5 Å². The van der Waals surface area contributed by atoms with Crippen LogP contribution in [0, 0.1) is 18.8 Å². The lowest BCUT2D eigenvalue weighted by Crippen LogP contribution is -2.45. The van der Waals surface area contributed by atoms with Gasteiger partial charge in [0.05, 0.1) is 11.8 Å². The molecule has 0 spiro atoms. The molecule has 8 nitrogen and oxygen atoms in total. The summed E-state index contributed by atoms with van der Waals surface area (Å²) in [4.78, 5) is 53.5. The molecule has 0 radical (unpaired) electrons. The topological polar surface area (TPSA) is 96.0 Å². The number of likely N-dealkylation sites (tertiary alicyclic amines) is 1. The van der Waals surface area contributed by atoms with Crippen molar-refractivity contribution in [1.29, 1.82) is 0 Å². The molecule has 1 aromatic carbocycles. The Morgan fingerprint density at radius 1 is 1.06 bits per heavy atom. The van der Waals surface area contributed by atoms with Gasteiger partial charge in [-0.1, -0.05) is 12.8 Å². The van der Waals surface area contributed by atoms with Crippen molar-refractivity contribution in [2.24, 2.45) is 11.8 Å². The van der Waals surface area contributed by atoms with Crippen LogP contribution in [0.3, 0.4) is 0 Å². The molecule has 0 bridgehead atoms. The highest BCUT2D eigenvalue weighted by atomic mass is 16.5. The number of rotatable bonds is 6. The normalized spacial score (nSPS) is 23.8. The van der Waals surface area contributed by atoms with Crippen molar-refractivity contribution >= 4 is 35.1 Å². The van der Waals surface area contributed by atoms with Crippen LogP contribution in [0.5, 0.6) is 0 Å². The van der Waals surface area contributed by atoms with Gasteiger partial charge in [0.25, 0.3) is 5.91 Å². The van der Waals surface area contributed by atoms with Crippen molar-refractivity contribution < 1.29 is 23.9 Å². The van der Waals surface area contributed by atoms with E-state index >= 15 is 0 Å². The lowest BCUT2D eigenvalue weighted by Gasteiger charge is -2.21. The first kappa shape index (κ1) is 22.3. The van der Waals surface area contributed by atoms with Gasteiger partial charge in [0.1, 0.15) is 6.04 Å². The minimum atomic E-state index is -1.03. The third-order valence-corrected chi connectivity index (χ3v) is 6.90. The van der Waals surface area contributed by atoms with Crippen LogP contribution in [0.1, 0.15) is 51.0 Å². The Bertz CT molecular complexity index is 900. The second-order valence-corrected chi connectivity index (χ2v) is 9.07. The van der Waals surface area contributed by atoms with Gasteiger partial charge in [0.15, 0.2) is 6.61 Å². The number of benzene rings is 1. The third-order valence-electron chi connectivity index (χ3n) is 6.90. The van der Waals surface area contributed by atoms with Crippen LogP contribution in [-0.2, 0) is 23.9 Å². The maximum absolute atomic E-state index is 12.7. The first-order valence-electron chi connectivity index (χ1n) is 11.6. The summed E-state index contributed by atoms with van der Waals surface area (Å²) in [6, 6.07) is 4.84. The fourth-order valence-corrected chi connectivity index (χ4v) is 5.08. The van der Waals surface area contributed by atoms with Gasteiger partial charge < -0.3 is 15.0 Å². The molecular weight excluding hydrogens is 410 g/mol. The fourth-order valence-electron chi connectivity index (χ4n) is 5.08. The number of hydrogen-bond donors (Lipinski definition) is 1. The molecule has 2 heterocycles. The minimum Gasteiger partial charge on any atom is -0.454 e. The number of nitrogens with one attached hydrogen (secondary N) is 1. The second kappa shape index (κ2) is 9.30. The third kappa shape index (κ3) is 4.36. The zero-order valence-electron chi connectivity index (χ0n) is 18.8. The molecule has 2 aliphatic heterocycles. The van der Waals surface area contributed by atoms with E-state index in [-0.39, 0.29) is 23.7 Å². The fraction of sp³-hybridized carbons (Fsp3) is 0.583. The number of esters is 1. The van der Waals surface area contributed by atoms with E-state index in [1.54, 1.807) is 0 Å². The summed E-state index contributed by atoms with van der Waals surface area (Å²) >= 11 is 0. The van der Waals surface area contributed by atoms with Crippen LogP contribution >= 0.6 is 0 Å². The highest BCUT2D eigenvalue weighted by molar-refractivity contribution is 6.08. The number of imide groups is 1. The number of anilines is 2. The first-order valence-corrected chi connectivity index (χ1v) is 11.6. The molecule has 8 heteroatoms. The molecule has 4 rings (SSSR count). The van der Waals surface area contributed by atoms with Crippen LogP contribution < -0.4 is 10.2 Å². The Morgan fingerprint density at radius 2 is 1.69 bits per heavy atom. The van der Waals surface area contributed by atoms with E-state index in [4.69, 9.17) is 4.74 Å². The number of carbonyl (C=O) groups excluding carboxylic acids is 4. The molecule has 2 saturated heterocycles. The van der Waals surface area contributed by atoms with E-state index in [1.165, 1.54) is 19.8 Å². The second-order valence-electron chi connectivity index (χ2n) is 9.07. The van der Waals surface area contributed by atoms with Gasteiger partial charge >= 0.3 is 5.97 Å². The molecule has 2 unspecified atom stereocenters. The Morgan fingerprint density at radius 3 is 2.28 bits per heavy atom. The van der Waals surface area contributed by atoms with Crippen LogP contribution in [0.2, 0.25) is 0 Å². The van der Waals surface area contributed by atoms with Crippen LogP contribution in [0.25, 0.3) is 0 Å². The predicted octanol–water partition coefficient (Wildman–Crippen LogP) is 2.64. The van der Waals surface area contributed by atoms with Crippen molar-refractivity contribution in [3.8, 4) is 0 Å². The molecule has 3 amide bonds. The van der Waals surface area contributed by atoms with Gasteiger partial charge in [-0.3, -0.25) is 19.3 Å². The quantitative estimate of drug-likeness (QED) is 0.539. The summed E-state index contributed by atoms with van der Waals surface area (Å²) in [6.07, 6.45) is 5.60. The van der Waals surface area contributed by atoms with Crippen molar-refractivity contribution in [3.05, 3.63) is 23.8 Å². The molecular formula is C24H31N3O5. The van der Waals surface area contributed by atoms with Gasteiger partial charge in [-0.25, -0.2) is 4.79 Å². The SMILES string of the molecule is Cc1cc(N2CCCC2)ccc1NC(=O)COC(=O)[C@H](C)N1C(=O)C2CCCCC2C1=O. The molecule has 1 aliphatic carbocycles. The number of nitrogens with zero attached hydrogens (tertiary/aromatic N) is 2. The van der Waals surface area contributed by atoms with Gasteiger partial charge in [-0.15, -0.1) is 0 Å². The van der Waals surface area contributed by atoms with Gasteiger partial charge in [-0.2, -0.15) is 0 Å². The van der Waals surface area contributed by atoms with Crippen molar-refractivity contribution in [1.82, 2.24) is 4.90 Å². The molecule has 3 aliphatic rings. The monoisotopic (exact) mass is 441 g/mol. The standard InChI is InChI=1S/C24H31N3O5/c1-15-13-17(26-11-5-6-12-26)9-10-20(15)25-21(28)14-32-24(31)16(2)27-22(29)18-7-3-4-8-19(18)23(27)30/h9-10,13,16,18-19H,3-8,11-12,14H2,1-2H3,(H,25,28)/t16-,18?,19?/m0/s1. The lowest BCUT2D eigenvalue weighted by molar-refractivity contribution is -0.159. The average molecular weight is 442 g/mol. The molecule has 0 aromatic heterocycles. The summed E-state index contributed by atoms with van der Waals surface area (Å²) in [7, 11) is 0. The zero-order valence-corrected chi connectivity index (χ0v) is 18.8. The van der Waals surface area contributed by atoms with Crippen molar-refractivity contribution in [2.75, 3.05) is 29.9 Å². The number of aryl methyl sites for hydroxylation is 1. The van der Waals surface area contributed by atoms with Gasteiger partial charge in [0, 0.05) is 24.5 Å². The maximum atomic E-state index is 12.7. The molecule has 3 fully saturated rings. The van der Waals surface area contributed by atoms with Crippen LogP contribution in [0.4, 0.5) is 11.4 Å². The zero-order chi connectivity index (χ0) is 22.8. The number of fused-ring (bicyclic) bond motifs is 1. The van der Waals surface area contributed by atoms with E-state index in [0.717, 1.165) is 42.1 Å². The van der Waals surface area contributed by atoms with Crippen molar-refractivity contribution in [2.45, 2.75) is 58.4 Å². The Kier molecular flexibility index (Phi) is 6.48. The van der Waals surface area contributed by atoms with E-state index in [1.807, 2.05) is 25.1 Å². The molecule has 172 valence electrons. The molecule has 1 aromatic rings. The Balaban J connectivity index is 1.30. The average Bonchev–Trinajstić information content (AvgIpc) is 3.41. The van der Waals surface area contributed by atoms with E-state index in [2.05, 4.69) is 10.2 Å². The summed E-state index contributed by atoms with van der Waals surface area (Å²) < 4.78 is 5.14. The first-order chi connectivity index (χ1) is 15.4. The molecule has 1 saturated carbocycles. The molecule has 32 heavy (non-hydrogen) atoms. The highest BCUT2D eigenvalue weighted by Gasteiger charge is 2.51. The smallest absolute Gasteiger partial charge is 0.329 e. The Hall–Kier alpha value is -2.90. The number of amides is 3. The van der Waals surface area contributed by atoms with Crippen LogP contribution in [0.15, 0.2) is 18.2 Å². The summed E-state index contributed by atoms with van der Waals surface area (Å²) in [5.74, 6) is -2.43. The highest BCUT2D eigenvalue weighted by Crippen LogP contribution is 2.39.